The van der Waals surface area contributed by atoms with Gasteiger partial charge in [0.1, 0.15) is 0 Å². The van der Waals surface area contributed by atoms with E-state index in [1.165, 1.54) is 44.2 Å². The lowest BCUT2D eigenvalue weighted by Gasteiger charge is -2.35. The highest BCUT2D eigenvalue weighted by Crippen LogP contribution is 2.65. The van der Waals surface area contributed by atoms with Crippen molar-refractivity contribution in [3.63, 3.8) is 0 Å². The van der Waals surface area contributed by atoms with Crippen molar-refractivity contribution < 1.29 is 4.74 Å². The van der Waals surface area contributed by atoms with E-state index in [9.17, 15) is 0 Å². The summed E-state index contributed by atoms with van der Waals surface area (Å²) in [6, 6.07) is 6.36. The van der Waals surface area contributed by atoms with Crippen LogP contribution in [0.1, 0.15) is 44.2 Å². The Bertz CT molecular complexity index is 424. The second-order valence-electron chi connectivity index (χ2n) is 6.11. The molecular weight excluding hydrogens is 210 g/mol. The molecule has 3 aliphatic rings. The van der Waals surface area contributed by atoms with E-state index in [1.807, 2.05) is 12.3 Å². The molecule has 0 radical (unpaired) electrons. The molecule has 4 rings (SSSR count). The van der Waals surface area contributed by atoms with Crippen LogP contribution in [0.2, 0.25) is 0 Å². The van der Waals surface area contributed by atoms with E-state index in [1.54, 1.807) is 0 Å². The number of hydrogen-bond donors (Lipinski definition) is 0. The van der Waals surface area contributed by atoms with Crippen molar-refractivity contribution in [1.29, 1.82) is 0 Å². The second-order valence-corrected chi connectivity index (χ2v) is 6.11. The Labute approximate surface area is 102 Å². The van der Waals surface area contributed by atoms with Crippen LogP contribution in [0.4, 0.5) is 0 Å². The molecule has 2 nitrogen and oxygen atoms in total. The third-order valence-electron chi connectivity index (χ3n) is 5.24. The molecule has 2 aliphatic carbocycles. The molecule has 0 N–H and O–H groups in total. The largest absolute Gasteiger partial charge is 0.375 e. The fourth-order valence-corrected chi connectivity index (χ4v) is 4.17. The van der Waals surface area contributed by atoms with Crippen LogP contribution < -0.4 is 0 Å². The lowest BCUT2D eigenvalue weighted by molar-refractivity contribution is -0.0305. The van der Waals surface area contributed by atoms with Crippen LogP contribution in [0.25, 0.3) is 0 Å². The maximum atomic E-state index is 6.04. The Morgan fingerprint density at radius 1 is 1.18 bits per heavy atom. The standard InChI is InChI=1S/C15H19NO/c1-2-8-16-13(4-1)15-7-6-14(5-3-9-17-14)10-12(15)11-15/h1-2,4,8,12H,3,5-7,9-11H2. The van der Waals surface area contributed by atoms with Crippen LogP contribution in [-0.4, -0.2) is 17.2 Å². The molecule has 1 spiro atoms. The molecular formula is C15H19NO. The molecule has 3 atom stereocenters. The molecule has 1 aliphatic heterocycles. The molecule has 0 bridgehead atoms. The summed E-state index contributed by atoms with van der Waals surface area (Å²) in [5.41, 5.74) is 2.02. The lowest BCUT2D eigenvalue weighted by Crippen LogP contribution is -2.35. The monoisotopic (exact) mass is 229 g/mol. The zero-order valence-electron chi connectivity index (χ0n) is 10.2. The highest BCUT2D eigenvalue weighted by atomic mass is 16.5. The first-order valence-corrected chi connectivity index (χ1v) is 6.89. The minimum Gasteiger partial charge on any atom is -0.375 e. The van der Waals surface area contributed by atoms with Crippen molar-refractivity contribution in [1.82, 2.24) is 4.98 Å². The molecule has 2 saturated carbocycles. The van der Waals surface area contributed by atoms with Gasteiger partial charge in [-0.3, -0.25) is 4.98 Å². The summed E-state index contributed by atoms with van der Waals surface area (Å²) in [5, 5.41) is 0. The maximum Gasteiger partial charge on any atom is 0.0686 e. The van der Waals surface area contributed by atoms with Gasteiger partial charge in [0.25, 0.3) is 0 Å². The molecule has 2 heteroatoms. The minimum atomic E-state index is 0.263. The van der Waals surface area contributed by atoms with Gasteiger partial charge in [-0.2, -0.15) is 0 Å². The Morgan fingerprint density at radius 3 is 2.88 bits per heavy atom. The van der Waals surface area contributed by atoms with Gasteiger partial charge in [-0.05, 0) is 56.6 Å². The molecule has 1 aromatic rings. The van der Waals surface area contributed by atoms with Gasteiger partial charge in [0.15, 0.2) is 0 Å². The third-order valence-corrected chi connectivity index (χ3v) is 5.24. The van der Waals surface area contributed by atoms with Crippen LogP contribution in [-0.2, 0) is 10.2 Å². The zero-order chi connectivity index (χ0) is 11.3. The average Bonchev–Trinajstić information content (AvgIpc) is 2.94. The fourth-order valence-electron chi connectivity index (χ4n) is 4.17. The zero-order valence-corrected chi connectivity index (χ0v) is 10.2. The van der Waals surface area contributed by atoms with Crippen LogP contribution >= 0.6 is 0 Å². The van der Waals surface area contributed by atoms with Gasteiger partial charge in [0.05, 0.1) is 5.60 Å². The molecule has 2 heterocycles. The van der Waals surface area contributed by atoms with E-state index >= 15 is 0 Å². The van der Waals surface area contributed by atoms with Crippen LogP contribution in [0.15, 0.2) is 24.4 Å². The van der Waals surface area contributed by atoms with Crippen molar-refractivity contribution in [2.45, 2.75) is 49.5 Å². The maximum absolute atomic E-state index is 6.04. The van der Waals surface area contributed by atoms with Gasteiger partial charge < -0.3 is 4.74 Å². The average molecular weight is 229 g/mol. The normalized spacial score (nSPS) is 43.6. The van der Waals surface area contributed by atoms with E-state index in [0.29, 0.717) is 5.41 Å². The molecule has 0 amide bonds. The summed E-state index contributed by atoms with van der Waals surface area (Å²) in [6.45, 7) is 0.989. The van der Waals surface area contributed by atoms with Gasteiger partial charge >= 0.3 is 0 Å². The van der Waals surface area contributed by atoms with Gasteiger partial charge in [-0.1, -0.05) is 6.07 Å². The summed E-state index contributed by atoms with van der Waals surface area (Å²) in [6.07, 6.45) is 9.66. The summed E-state index contributed by atoms with van der Waals surface area (Å²) in [7, 11) is 0. The van der Waals surface area contributed by atoms with E-state index in [2.05, 4.69) is 17.1 Å². The van der Waals surface area contributed by atoms with Crippen molar-refractivity contribution >= 4 is 0 Å². The SMILES string of the molecule is c1ccc(C23CCC4(CCCO4)CC2C3)nc1. The number of nitrogens with zero attached hydrogens (tertiary/aromatic N) is 1. The number of ether oxygens (including phenoxy) is 1. The summed E-state index contributed by atoms with van der Waals surface area (Å²) < 4.78 is 6.04. The van der Waals surface area contributed by atoms with E-state index in [-0.39, 0.29) is 5.60 Å². The van der Waals surface area contributed by atoms with E-state index < -0.39 is 0 Å². The number of hydrogen-bond acceptors (Lipinski definition) is 2. The number of pyridine rings is 1. The smallest absolute Gasteiger partial charge is 0.0686 e. The second kappa shape index (κ2) is 3.32. The summed E-state index contributed by atoms with van der Waals surface area (Å²) >= 11 is 0. The van der Waals surface area contributed by atoms with Gasteiger partial charge in [-0.25, -0.2) is 0 Å². The van der Waals surface area contributed by atoms with E-state index in [4.69, 9.17) is 4.74 Å². The Kier molecular flexibility index (Phi) is 1.97. The Hall–Kier alpha value is -0.890. The predicted octanol–water partition coefficient (Wildman–Crippen LogP) is 3.07. The van der Waals surface area contributed by atoms with Gasteiger partial charge in [-0.15, -0.1) is 0 Å². The number of aromatic nitrogens is 1. The highest BCUT2D eigenvalue weighted by Gasteiger charge is 2.62. The number of fused-ring (bicyclic) bond motifs is 1. The first-order valence-electron chi connectivity index (χ1n) is 6.89. The van der Waals surface area contributed by atoms with E-state index in [0.717, 1.165) is 12.5 Å². The summed E-state index contributed by atoms with van der Waals surface area (Å²) in [5.74, 6) is 0.837. The molecule has 0 aromatic carbocycles. The van der Waals surface area contributed by atoms with Crippen LogP contribution in [0.3, 0.4) is 0 Å². The topological polar surface area (TPSA) is 22.1 Å². The summed E-state index contributed by atoms with van der Waals surface area (Å²) in [4.78, 5) is 4.59. The first-order chi connectivity index (χ1) is 8.33. The molecule has 3 unspecified atom stereocenters. The third kappa shape index (κ3) is 1.40. The first kappa shape index (κ1) is 10.1. The molecule has 17 heavy (non-hydrogen) atoms. The van der Waals surface area contributed by atoms with Crippen LogP contribution in [0.5, 0.6) is 0 Å². The minimum absolute atomic E-state index is 0.263. The molecule has 1 aromatic heterocycles. The number of rotatable bonds is 1. The Morgan fingerprint density at radius 2 is 2.18 bits per heavy atom. The highest BCUT2D eigenvalue weighted by molar-refractivity contribution is 5.30. The fraction of sp³-hybridized carbons (Fsp3) is 0.667. The van der Waals surface area contributed by atoms with Crippen molar-refractivity contribution in [2.24, 2.45) is 5.92 Å². The van der Waals surface area contributed by atoms with Crippen molar-refractivity contribution in [3.05, 3.63) is 30.1 Å². The van der Waals surface area contributed by atoms with Gasteiger partial charge in [0.2, 0.25) is 0 Å². The van der Waals surface area contributed by atoms with Crippen molar-refractivity contribution in [3.8, 4) is 0 Å². The predicted molar refractivity (Wildman–Crippen MR) is 65.8 cm³/mol. The lowest BCUT2D eigenvalue weighted by atomic mass is 9.76. The van der Waals surface area contributed by atoms with Crippen LogP contribution in [0, 0.1) is 5.92 Å². The molecule has 3 fully saturated rings. The molecule has 90 valence electrons. The van der Waals surface area contributed by atoms with Gasteiger partial charge in [0, 0.05) is 23.9 Å². The Balaban J connectivity index is 1.58. The molecule has 1 saturated heterocycles. The quantitative estimate of drug-likeness (QED) is 0.738. The van der Waals surface area contributed by atoms with Crippen molar-refractivity contribution in [2.75, 3.05) is 6.61 Å².